The van der Waals surface area contributed by atoms with Gasteiger partial charge in [-0.2, -0.15) is 5.10 Å². The molecule has 1 saturated carbocycles. The first-order chi connectivity index (χ1) is 9.73. The first kappa shape index (κ1) is 16.5. The van der Waals surface area contributed by atoms with Gasteiger partial charge in [0.25, 0.3) is 10.0 Å². The molecular formula is C14H26N4O2S. The minimum absolute atomic E-state index is 0.106. The van der Waals surface area contributed by atoms with Gasteiger partial charge in [-0.05, 0) is 25.2 Å². The van der Waals surface area contributed by atoms with E-state index in [9.17, 15) is 8.42 Å². The quantitative estimate of drug-likeness (QED) is 0.715. The Kier molecular flexibility index (Phi) is 4.75. The summed E-state index contributed by atoms with van der Waals surface area (Å²) in [5, 5.41) is 10.1. The summed E-state index contributed by atoms with van der Waals surface area (Å²) in [4.78, 5) is 0. The molecule has 3 N–H and O–H groups in total. The Morgan fingerprint density at radius 2 is 2.05 bits per heavy atom. The van der Waals surface area contributed by atoms with Crippen molar-refractivity contribution in [3.05, 3.63) is 11.3 Å². The molecule has 0 saturated heterocycles. The van der Waals surface area contributed by atoms with Crippen LogP contribution in [0.1, 0.15) is 51.3 Å². The second kappa shape index (κ2) is 6.06. The predicted octanol–water partition coefficient (Wildman–Crippen LogP) is 1.68. The van der Waals surface area contributed by atoms with Crippen molar-refractivity contribution in [3.8, 4) is 0 Å². The molecular weight excluding hydrogens is 288 g/mol. The van der Waals surface area contributed by atoms with Crippen molar-refractivity contribution in [2.75, 3.05) is 6.54 Å². The van der Waals surface area contributed by atoms with Crippen LogP contribution in [0.4, 0.5) is 0 Å². The minimum Gasteiger partial charge on any atom is -0.310 e. The number of aromatic amines is 1. The van der Waals surface area contributed by atoms with Crippen LogP contribution in [0, 0.1) is 12.3 Å². The molecule has 0 aliphatic heterocycles. The fraction of sp³-hybridized carbons (Fsp3) is 0.786. The maximum absolute atomic E-state index is 12.5. The summed E-state index contributed by atoms with van der Waals surface area (Å²) in [6, 6.07) is 0.289. The first-order valence-corrected chi connectivity index (χ1v) is 8.99. The second-order valence-electron chi connectivity index (χ2n) is 6.66. The van der Waals surface area contributed by atoms with Crippen molar-refractivity contribution in [3.63, 3.8) is 0 Å². The van der Waals surface area contributed by atoms with E-state index in [2.05, 4.69) is 27.2 Å². The molecule has 21 heavy (non-hydrogen) atoms. The molecule has 1 aliphatic rings. The lowest BCUT2D eigenvalue weighted by atomic mass is 9.71. The minimum atomic E-state index is -3.56. The smallest absolute Gasteiger partial charge is 0.260 e. The van der Waals surface area contributed by atoms with Crippen LogP contribution >= 0.6 is 0 Å². The Balaban J connectivity index is 2.11. The maximum Gasteiger partial charge on any atom is 0.260 e. The van der Waals surface area contributed by atoms with Gasteiger partial charge in [0.05, 0.1) is 0 Å². The van der Waals surface area contributed by atoms with E-state index < -0.39 is 10.0 Å². The summed E-state index contributed by atoms with van der Waals surface area (Å²) in [7, 11) is -3.56. The molecule has 0 radical (unpaired) electrons. The van der Waals surface area contributed by atoms with E-state index in [1.165, 1.54) is 6.42 Å². The van der Waals surface area contributed by atoms with Crippen molar-refractivity contribution in [1.29, 1.82) is 0 Å². The Bertz CT molecular complexity index is 588. The van der Waals surface area contributed by atoms with E-state index in [1.807, 2.05) is 20.8 Å². The highest BCUT2D eigenvalue weighted by Crippen LogP contribution is 2.39. The van der Waals surface area contributed by atoms with Gasteiger partial charge in [-0.3, -0.25) is 5.10 Å². The Morgan fingerprint density at radius 3 is 2.57 bits per heavy atom. The molecule has 1 heterocycles. The van der Waals surface area contributed by atoms with Crippen LogP contribution in [0.15, 0.2) is 5.03 Å². The van der Waals surface area contributed by atoms with E-state index in [1.54, 1.807) is 0 Å². The molecule has 0 bridgehead atoms. The van der Waals surface area contributed by atoms with E-state index >= 15 is 0 Å². The highest BCUT2D eigenvalue weighted by molar-refractivity contribution is 7.89. The molecule has 7 heteroatoms. The van der Waals surface area contributed by atoms with E-state index in [-0.39, 0.29) is 16.5 Å². The molecule has 0 spiro atoms. The van der Waals surface area contributed by atoms with Crippen LogP contribution in [0.2, 0.25) is 0 Å². The lowest BCUT2D eigenvalue weighted by Crippen LogP contribution is -2.40. The van der Waals surface area contributed by atoms with E-state index in [0.717, 1.165) is 24.1 Å². The third kappa shape index (κ3) is 3.84. The third-order valence-electron chi connectivity index (χ3n) is 4.23. The zero-order valence-electron chi connectivity index (χ0n) is 13.3. The lowest BCUT2D eigenvalue weighted by molar-refractivity contribution is 0.166. The molecule has 1 aromatic rings. The highest BCUT2D eigenvalue weighted by Gasteiger charge is 2.34. The average molecular weight is 314 g/mol. The summed E-state index contributed by atoms with van der Waals surface area (Å²) in [6.45, 7) is 9.00. The number of hydrogen-bond acceptors (Lipinski definition) is 4. The first-order valence-electron chi connectivity index (χ1n) is 7.50. The van der Waals surface area contributed by atoms with Crippen molar-refractivity contribution in [1.82, 2.24) is 20.2 Å². The molecule has 0 atom stereocenters. The molecule has 2 rings (SSSR count). The summed E-state index contributed by atoms with van der Waals surface area (Å²) in [5.41, 5.74) is 1.61. The van der Waals surface area contributed by atoms with Crippen LogP contribution in [0.3, 0.4) is 0 Å². The average Bonchev–Trinajstić information content (AvgIpc) is 2.74. The largest absolute Gasteiger partial charge is 0.310 e. The number of aromatic nitrogens is 2. The van der Waals surface area contributed by atoms with Gasteiger partial charge in [0, 0.05) is 30.4 Å². The number of nitrogens with one attached hydrogen (secondary N) is 3. The topological polar surface area (TPSA) is 86.9 Å². The molecule has 1 aromatic heterocycles. The van der Waals surface area contributed by atoms with Gasteiger partial charge >= 0.3 is 0 Å². The fourth-order valence-corrected chi connectivity index (χ4v) is 3.85. The fourth-order valence-electron chi connectivity index (χ4n) is 2.46. The number of hydrogen-bond donors (Lipinski definition) is 3. The van der Waals surface area contributed by atoms with Crippen molar-refractivity contribution in [2.24, 2.45) is 5.41 Å². The molecule has 6 nitrogen and oxygen atoms in total. The van der Waals surface area contributed by atoms with Crippen LogP contribution in [-0.2, 0) is 16.6 Å². The van der Waals surface area contributed by atoms with Crippen LogP contribution in [0.25, 0.3) is 0 Å². The number of sulfonamides is 1. The van der Waals surface area contributed by atoms with E-state index in [4.69, 9.17) is 0 Å². The molecule has 0 aromatic carbocycles. The monoisotopic (exact) mass is 314 g/mol. The number of aryl methyl sites for hydroxylation is 1. The van der Waals surface area contributed by atoms with Gasteiger partial charge in [-0.15, -0.1) is 0 Å². The SMILES string of the molecule is Cc1[nH]nc(S(=O)(=O)NCC2(C)CCC2)c1CNC(C)C. The number of nitrogens with zero attached hydrogens (tertiary/aromatic N) is 1. The highest BCUT2D eigenvalue weighted by atomic mass is 32.2. The van der Waals surface area contributed by atoms with Gasteiger partial charge < -0.3 is 5.32 Å². The third-order valence-corrected chi connectivity index (χ3v) is 5.60. The van der Waals surface area contributed by atoms with Crippen molar-refractivity contribution in [2.45, 2.75) is 64.6 Å². The zero-order valence-corrected chi connectivity index (χ0v) is 14.1. The standard InChI is InChI=1S/C14H26N4O2S/c1-10(2)15-8-12-11(3)17-18-13(12)21(19,20)16-9-14(4)6-5-7-14/h10,15-16H,5-9H2,1-4H3,(H,17,18). The van der Waals surface area contributed by atoms with E-state index in [0.29, 0.717) is 13.1 Å². The van der Waals surface area contributed by atoms with Crippen LogP contribution < -0.4 is 10.0 Å². The van der Waals surface area contributed by atoms with Gasteiger partial charge in [0.15, 0.2) is 5.03 Å². The Morgan fingerprint density at radius 1 is 1.38 bits per heavy atom. The number of H-pyrrole nitrogens is 1. The van der Waals surface area contributed by atoms with Gasteiger partial charge in [0.2, 0.25) is 0 Å². The molecule has 120 valence electrons. The predicted molar refractivity (Wildman–Crippen MR) is 82.4 cm³/mol. The van der Waals surface area contributed by atoms with Gasteiger partial charge in [-0.25, -0.2) is 13.1 Å². The van der Waals surface area contributed by atoms with Crippen LogP contribution in [-0.4, -0.2) is 31.2 Å². The Hall–Kier alpha value is -0.920. The normalized spacial score (nSPS) is 18.0. The van der Waals surface area contributed by atoms with Crippen molar-refractivity contribution < 1.29 is 8.42 Å². The van der Waals surface area contributed by atoms with Crippen molar-refractivity contribution >= 4 is 10.0 Å². The van der Waals surface area contributed by atoms with Gasteiger partial charge in [0.1, 0.15) is 0 Å². The summed E-state index contributed by atoms with van der Waals surface area (Å²) < 4.78 is 27.7. The molecule has 1 aliphatic carbocycles. The second-order valence-corrected chi connectivity index (χ2v) is 8.34. The number of rotatable bonds is 7. The molecule has 1 fully saturated rings. The molecule has 0 amide bonds. The van der Waals surface area contributed by atoms with Crippen LogP contribution in [0.5, 0.6) is 0 Å². The maximum atomic E-state index is 12.5. The summed E-state index contributed by atoms with van der Waals surface area (Å²) >= 11 is 0. The summed E-state index contributed by atoms with van der Waals surface area (Å²) in [5.74, 6) is 0. The molecule has 0 unspecified atom stereocenters. The van der Waals surface area contributed by atoms with Gasteiger partial charge in [-0.1, -0.05) is 27.2 Å². The zero-order chi connectivity index (χ0) is 15.7. The lowest BCUT2D eigenvalue weighted by Gasteiger charge is -2.38. The summed E-state index contributed by atoms with van der Waals surface area (Å²) in [6.07, 6.45) is 3.34. The Labute approximate surface area is 127 Å².